The summed E-state index contributed by atoms with van der Waals surface area (Å²) in [6, 6.07) is 16.6. The largest absolute Gasteiger partial charge is 0.432 e. The highest BCUT2D eigenvalue weighted by Crippen LogP contribution is 2.35. The number of carbonyl (C=O) groups excluding carboxylic acids is 1. The van der Waals surface area contributed by atoms with Crippen LogP contribution in [0.15, 0.2) is 83.9 Å². The number of oxazole rings is 1. The minimum absolute atomic E-state index is 0.243. The second kappa shape index (κ2) is 8.16. The first-order chi connectivity index (χ1) is 14.1. The van der Waals surface area contributed by atoms with Gasteiger partial charge in [-0.2, -0.15) is 0 Å². The first kappa shape index (κ1) is 18.7. The molecule has 0 bridgehead atoms. The zero-order chi connectivity index (χ0) is 20.2. The predicted molar refractivity (Wildman–Crippen MR) is 113 cm³/mol. The molecular weight excluding hydrogens is 388 g/mol. The van der Waals surface area contributed by atoms with Gasteiger partial charge in [0.05, 0.1) is 23.8 Å². The zero-order valence-corrected chi connectivity index (χ0v) is 16.3. The van der Waals surface area contributed by atoms with Crippen molar-refractivity contribution in [3.63, 3.8) is 0 Å². The highest BCUT2D eigenvalue weighted by Gasteiger charge is 2.20. The molecular formula is C22H17ClN4O2. The van der Waals surface area contributed by atoms with Crippen LogP contribution in [0.2, 0.25) is 5.02 Å². The van der Waals surface area contributed by atoms with Crippen molar-refractivity contribution in [2.75, 3.05) is 10.2 Å². The van der Waals surface area contributed by atoms with Crippen molar-refractivity contribution in [2.45, 2.75) is 6.92 Å². The molecule has 0 spiro atoms. The SMILES string of the molecule is Cc1ccc(C(=O)Nc2cccc(Cl)c2)cc1N(c1cccnc1)c1ncco1. The third-order valence-corrected chi connectivity index (χ3v) is 4.54. The monoisotopic (exact) mass is 404 g/mol. The molecule has 6 nitrogen and oxygen atoms in total. The average Bonchev–Trinajstić information content (AvgIpc) is 3.25. The topological polar surface area (TPSA) is 71.3 Å². The van der Waals surface area contributed by atoms with Gasteiger partial charge < -0.3 is 9.73 Å². The molecule has 0 radical (unpaired) electrons. The van der Waals surface area contributed by atoms with Gasteiger partial charge >= 0.3 is 6.01 Å². The molecule has 0 atom stereocenters. The van der Waals surface area contributed by atoms with Crippen LogP contribution in [0.1, 0.15) is 15.9 Å². The quantitative estimate of drug-likeness (QED) is 0.458. The molecule has 1 N–H and O–H groups in total. The van der Waals surface area contributed by atoms with Crippen LogP contribution in [-0.4, -0.2) is 15.9 Å². The number of anilines is 4. The standard InChI is InChI=1S/C22H17ClN4O2/c1-15-7-8-16(21(28)26-18-5-2-4-17(23)13-18)12-20(15)27(22-25-10-11-29-22)19-6-3-9-24-14-19/h2-14H,1H3,(H,26,28). The third-order valence-electron chi connectivity index (χ3n) is 4.31. The highest BCUT2D eigenvalue weighted by molar-refractivity contribution is 6.31. The molecule has 29 heavy (non-hydrogen) atoms. The third kappa shape index (κ3) is 4.12. The van der Waals surface area contributed by atoms with Gasteiger partial charge in [0.1, 0.15) is 6.26 Å². The van der Waals surface area contributed by atoms with E-state index >= 15 is 0 Å². The molecule has 2 heterocycles. The van der Waals surface area contributed by atoms with Crippen LogP contribution in [-0.2, 0) is 0 Å². The molecule has 7 heteroatoms. The lowest BCUT2D eigenvalue weighted by atomic mass is 10.1. The van der Waals surface area contributed by atoms with Gasteiger partial charge in [0.2, 0.25) is 0 Å². The van der Waals surface area contributed by atoms with Crippen LogP contribution >= 0.6 is 11.6 Å². The lowest BCUT2D eigenvalue weighted by Crippen LogP contribution is -2.15. The Kier molecular flexibility index (Phi) is 5.27. The minimum Gasteiger partial charge on any atom is -0.432 e. The van der Waals surface area contributed by atoms with Gasteiger partial charge in [-0.05, 0) is 55.0 Å². The molecule has 144 valence electrons. The van der Waals surface area contributed by atoms with Crippen molar-refractivity contribution >= 4 is 40.6 Å². The molecule has 2 aromatic heterocycles. The van der Waals surface area contributed by atoms with Crippen LogP contribution < -0.4 is 10.2 Å². The Balaban J connectivity index is 1.72. The molecule has 1 amide bonds. The Hall–Kier alpha value is -3.64. The summed E-state index contributed by atoms with van der Waals surface area (Å²) in [5.41, 5.74) is 3.60. The van der Waals surface area contributed by atoms with E-state index in [-0.39, 0.29) is 5.91 Å². The molecule has 0 unspecified atom stereocenters. The molecule has 0 saturated heterocycles. The molecule has 0 aliphatic rings. The van der Waals surface area contributed by atoms with E-state index in [0.717, 1.165) is 16.9 Å². The van der Waals surface area contributed by atoms with E-state index in [4.69, 9.17) is 16.0 Å². The van der Waals surface area contributed by atoms with Crippen molar-refractivity contribution in [3.8, 4) is 0 Å². The van der Waals surface area contributed by atoms with Gasteiger partial charge in [0.25, 0.3) is 5.91 Å². The normalized spacial score (nSPS) is 10.6. The number of nitrogens with one attached hydrogen (secondary N) is 1. The second-order valence-corrected chi connectivity index (χ2v) is 6.76. The van der Waals surface area contributed by atoms with Crippen LogP contribution in [0.3, 0.4) is 0 Å². The fraction of sp³-hybridized carbons (Fsp3) is 0.0455. The van der Waals surface area contributed by atoms with Crippen molar-refractivity contribution < 1.29 is 9.21 Å². The summed E-state index contributed by atoms with van der Waals surface area (Å²) < 4.78 is 5.54. The van der Waals surface area contributed by atoms with Crippen molar-refractivity contribution in [1.82, 2.24) is 9.97 Å². The summed E-state index contributed by atoms with van der Waals surface area (Å²) in [4.78, 5) is 23.1. The van der Waals surface area contributed by atoms with Crippen LogP contribution in [0.4, 0.5) is 23.1 Å². The second-order valence-electron chi connectivity index (χ2n) is 6.33. The number of nitrogens with zero attached hydrogens (tertiary/aromatic N) is 3. The Bertz CT molecular complexity index is 1130. The summed E-state index contributed by atoms with van der Waals surface area (Å²) in [5, 5.41) is 3.42. The molecule has 0 saturated carbocycles. The summed E-state index contributed by atoms with van der Waals surface area (Å²) in [7, 11) is 0. The van der Waals surface area contributed by atoms with E-state index in [1.54, 1.807) is 55.0 Å². The molecule has 4 rings (SSSR count). The number of pyridine rings is 1. The number of halogens is 1. The summed E-state index contributed by atoms with van der Waals surface area (Å²) in [6.45, 7) is 1.96. The number of hydrogen-bond acceptors (Lipinski definition) is 5. The van der Waals surface area contributed by atoms with E-state index < -0.39 is 0 Å². The van der Waals surface area contributed by atoms with E-state index in [1.807, 2.05) is 30.0 Å². The molecule has 0 aliphatic carbocycles. The Morgan fingerprint density at radius 3 is 2.72 bits per heavy atom. The van der Waals surface area contributed by atoms with Crippen LogP contribution in [0.25, 0.3) is 0 Å². The maximum absolute atomic E-state index is 12.8. The van der Waals surface area contributed by atoms with E-state index in [1.165, 1.54) is 6.26 Å². The van der Waals surface area contributed by atoms with E-state index in [2.05, 4.69) is 15.3 Å². The van der Waals surface area contributed by atoms with Gasteiger partial charge in [-0.3, -0.25) is 14.7 Å². The Morgan fingerprint density at radius 2 is 2.00 bits per heavy atom. The van der Waals surface area contributed by atoms with E-state index in [9.17, 15) is 4.79 Å². The molecule has 4 aromatic rings. The lowest BCUT2D eigenvalue weighted by molar-refractivity contribution is 0.102. The zero-order valence-electron chi connectivity index (χ0n) is 15.5. The maximum Gasteiger partial charge on any atom is 0.306 e. The first-order valence-electron chi connectivity index (χ1n) is 8.89. The van der Waals surface area contributed by atoms with E-state index in [0.29, 0.717) is 22.3 Å². The minimum atomic E-state index is -0.243. The summed E-state index contributed by atoms with van der Waals surface area (Å²) in [5.74, 6) is -0.243. The number of amides is 1. The van der Waals surface area contributed by atoms with Crippen molar-refractivity contribution in [2.24, 2.45) is 0 Å². The molecule has 0 aliphatic heterocycles. The number of rotatable bonds is 5. The maximum atomic E-state index is 12.8. The lowest BCUT2D eigenvalue weighted by Gasteiger charge is -2.23. The highest BCUT2D eigenvalue weighted by atomic mass is 35.5. The Labute approximate surface area is 172 Å². The Morgan fingerprint density at radius 1 is 1.10 bits per heavy atom. The molecule has 0 fully saturated rings. The van der Waals surface area contributed by atoms with Crippen molar-refractivity contribution in [1.29, 1.82) is 0 Å². The fourth-order valence-electron chi connectivity index (χ4n) is 2.93. The van der Waals surface area contributed by atoms with Gasteiger partial charge in [0.15, 0.2) is 0 Å². The predicted octanol–water partition coefficient (Wildman–Crippen LogP) is 5.75. The fourth-order valence-corrected chi connectivity index (χ4v) is 3.12. The number of carbonyl (C=O) groups is 1. The van der Waals surface area contributed by atoms with Crippen LogP contribution in [0.5, 0.6) is 0 Å². The van der Waals surface area contributed by atoms with Gasteiger partial charge in [-0.15, -0.1) is 0 Å². The number of aryl methyl sites for hydroxylation is 1. The first-order valence-corrected chi connectivity index (χ1v) is 9.27. The number of aromatic nitrogens is 2. The van der Waals surface area contributed by atoms with Gasteiger partial charge in [0, 0.05) is 22.5 Å². The van der Waals surface area contributed by atoms with Gasteiger partial charge in [-0.1, -0.05) is 23.7 Å². The summed E-state index contributed by atoms with van der Waals surface area (Å²) in [6.07, 6.45) is 6.48. The van der Waals surface area contributed by atoms with Gasteiger partial charge in [-0.25, -0.2) is 4.98 Å². The van der Waals surface area contributed by atoms with Crippen LogP contribution in [0, 0.1) is 6.92 Å². The average molecular weight is 405 g/mol. The molecule has 2 aromatic carbocycles. The number of benzene rings is 2. The van der Waals surface area contributed by atoms with Crippen molar-refractivity contribution in [3.05, 3.63) is 95.6 Å². The smallest absolute Gasteiger partial charge is 0.306 e. The summed E-state index contributed by atoms with van der Waals surface area (Å²) >= 11 is 6.01. The number of hydrogen-bond donors (Lipinski definition) is 1.